The van der Waals surface area contributed by atoms with Gasteiger partial charge in [0.25, 0.3) is 0 Å². The van der Waals surface area contributed by atoms with Crippen LogP contribution in [0.15, 0.2) is 30.3 Å². The number of halogens is 2. The summed E-state index contributed by atoms with van der Waals surface area (Å²) in [7, 11) is 0. The predicted molar refractivity (Wildman–Crippen MR) is 86.8 cm³/mol. The minimum Gasteiger partial charge on any atom is -0.410 e. The van der Waals surface area contributed by atoms with Gasteiger partial charge in [-0.25, -0.2) is 4.79 Å². The van der Waals surface area contributed by atoms with Crippen LogP contribution in [-0.2, 0) is 0 Å². The van der Waals surface area contributed by atoms with Crippen LogP contribution in [0, 0.1) is 20.8 Å². The maximum atomic E-state index is 12.0. The molecule has 0 fully saturated rings. The van der Waals surface area contributed by atoms with Crippen LogP contribution in [0.4, 0.5) is 10.5 Å². The average Bonchev–Trinajstić information content (AvgIpc) is 2.38. The number of nitrogens with one attached hydrogen (secondary N) is 1. The van der Waals surface area contributed by atoms with E-state index in [-0.39, 0.29) is 0 Å². The van der Waals surface area contributed by atoms with Gasteiger partial charge in [0.1, 0.15) is 5.75 Å². The highest BCUT2D eigenvalue weighted by Gasteiger charge is 2.12. The van der Waals surface area contributed by atoms with Crippen LogP contribution in [0.1, 0.15) is 16.7 Å². The Morgan fingerprint density at radius 1 is 0.952 bits per heavy atom. The van der Waals surface area contributed by atoms with Crippen LogP contribution >= 0.6 is 23.2 Å². The standard InChI is InChI=1S/C16H15Cl2NO2/c1-9-4-5-12(17)8-14(9)19-16(20)21-15-10(2)6-13(18)7-11(15)3/h4-8H,1-3H3,(H,19,20). The van der Waals surface area contributed by atoms with E-state index in [0.717, 1.165) is 16.7 Å². The molecule has 0 aliphatic heterocycles. The summed E-state index contributed by atoms with van der Waals surface area (Å²) in [5.41, 5.74) is 3.13. The first-order chi connectivity index (χ1) is 9.86. The third kappa shape index (κ3) is 3.90. The molecular formula is C16H15Cl2NO2. The molecule has 0 bridgehead atoms. The first-order valence-corrected chi connectivity index (χ1v) is 7.14. The molecule has 21 heavy (non-hydrogen) atoms. The second kappa shape index (κ2) is 6.37. The molecule has 0 unspecified atom stereocenters. The van der Waals surface area contributed by atoms with Crippen LogP contribution in [0.25, 0.3) is 0 Å². The van der Waals surface area contributed by atoms with Crippen molar-refractivity contribution in [3.8, 4) is 5.75 Å². The largest absolute Gasteiger partial charge is 0.417 e. The summed E-state index contributed by atoms with van der Waals surface area (Å²) in [5.74, 6) is 0.511. The molecule has 0 saturated carbocycles. The van der Waals surface area contributed by atoms with Gasteiger partial charge in [-0.15, -0.1) is 0 Å². The van der Waals surface area contributed by atoms with E-state index in [9.17, 15) is 4.79 Å². The number of rotatable bonds is 2. The molecule has 0 spiro atoms. The van der Waals surface area contributed by atoms with E-state index in [1.807, 2.05) is 26.8 Å². The molecule has 2 aromatic carbocycles. The van der Waals surface area contributed by atoms with Crippen LogP contribution in [0.2, 0.25) is 10.0 Å². The van der Waals surface area contributed by atoms with E-state index in [1.54, 1.807) is 24.3 Å². The normalized spacial score (nSPS) is 10.3. The first-order valence-electron chi connectivity index (χ1n) is 6.38. The Hall–Kier alpha value is -1.71. The second-order valence-electron chi connectivity index (χ2n) is 4.84. The zero-order chi connectivity index (χ0) is 15.6. The van der Waals surface area contributed by atoms with Crippen LogP contribution < -0.4 is 10.1 Å². The lowest BCUT2D eigenvalue weighted by molar-refractivity contribution is 0.214. The van der Waals surface area contributed by atoms with Crippen LogP contribution in [-0.4, -0.2) is 6.09 Å². The van der Waals surface area contributed by atoms with Gasteiger partial charge < -0.3 is 4.74 Å². The van der Waals surface area contributed by atoms with Crippen LogP contribution in [0.3, 0.4) is 0 Å². The van der Waals surface area contributed by atoms with Crippen molar-refractivity contribution >= 4 is 35.0 Å². The molecule has 1 N–H and O–H groups in total. The molecule has 2 rings (SSSR count). The zero-order valence-corrected chi connectivity index (χ0v) is 13.5. The number of carbonyl (C=O) groups is 1. The maximum Gasteiger partial charge on any atom is 0.417 e. The Morgan fingerprint density at radius 3 is 2.19 bits per heavy atom. The molecule has 0 radical (unpaired) electrons. The van der Waals surface area contributed by atoms with Crippen LogP contribution in [0.5, 0.6) is 5.75 Å². The first kappa shape index (κ1) is 15.7. The number of hydrogen-bond acceptors (Lipinski definition) is 2. The monoisotopic (exact) mass is 323 g/mol. The molecule has 1 amide bonds. The topological polar surface area (TPSA) is 38.3 Å². The highest BCUT2D eigenvalue weighted by Crippen LogP contribution is 2.28. The van der Waals surface area contributed by atoms with E-state index >= 15 is 0 Å². The van der Waals surface area contributed by atoms with E-state index < -0.39 is 6.09 Å². The molecule has 110 valence electrons. The summed E-state index contributed by atoms with van der Waals surface area (Å²) in [6.45, 7) is 5.56. The Kier molecular flexibility index (Phi) is 4.76. The fourth-order valence-corrected chi connectivity index (χ4v) is 2.51. The third-order valence-corrected chi connectivity index (χ3v) is 3.51. The number of ether oxygens (including phenoxy) is 1. The Balaban J connectivity index is 2.17. The number of amides is 1. The van der Waals surface area contributed by atoms with Gasteiger partial charge in [0, 0.05) is 15.7 Å². The lowest BCUT2D eigenvalue weighted by Crippen LogP contribution is -2.18. The number of aryl methyl sites for hydroxylation is 3. The predicted octanol–water partition coefficient (Wildman–Crippen LogP) is 5.53. The minimum atomic E-state index is -0.561. The van der Waals surface area contributed by atoms with Crippen molar-refractivity contribution in [1.82, 2.24) is 0 Å². The van der Waals surface area contributed by atoms with Crippen molar-refractivity contribution in [2.24, 2.45) is 0 Å². The summed E-state index contributed by atoms with van der Waals surface area (Å²) in [6, 6.07) is 8.78. The van der Waals surface area contributed by atoms with Gasteiger partial charge in [-0.05, 0) is 61.7 Å². The number of carbonyl (C=O) groups excluding carboxylic acids is 1. The van der Waals surface area contributed by atoms with Gasteiger partial charge in [-0.3, -0.25) is 5.32 Å². The van der Waals surface area contributed by atoms with Crippen molar-refractivity contribution in [2.75, 3.05) is 5.32 Å². The summed E-state index contributed by atoms with van der Waals surface area (Å²) in [4.78, 5) is 12.0. The van der Waals surface area contributed by atoms with Crippen molar-refractivity contribution in [1.29, 1.82) is 0 Å². The smallest absolute Gasteiger partial charge is 0.410 e. The quantitative estimate of drug-likeness (QED) is 0.789. The van der Waals surface area contributed by atoms with Gasteiger partial charge in [-0.2, -0.15) is 0 Å². The van der Waals surface area contributed by atoms with Gasteiger partial charge in [-0.1, -0.05) is 29.3 Å². The van der Waals surface area contributed by atoms with Gasteiger partial charge >= 0.3 is 6.09 Å². The summed E-state index contributed by atoms with van der Waals surface area (Å²) < 4.78 is 5.38. The molecular weight excluding hydrogens is 309 g/mol. The molecule has 0 aromatic heterocycles. The Bertz CT molecular complexity index is 676. The fraction of sp³-hybridized carbons (Fsp3) is 0.188. The SMILES string of the molecule is Cc1ccc(Cl)cc1NC(=O)Oc1c(C)cc(Cl)cc1C. The van der Waals surface area contributed by atoms with Gasteiger partial charge in [0.05, 0.1) is 0 Å². The average molecular weight is 324 g/mol. The van der Waals surface area contributed by atoms with Crippen molar-refractivity contribution in [3.05, 3.63) is 57.1 Å². The molecule has 2 aromatic rings. The number of benzene rings is 2. The zero-order valence-electron chi connectivity index (χ0n) is 12.0. The van der Waals surface area contributed by atoms with E-state index in [0.29, 0.717) is 21.5 Å². The second-order valence-corrected chi connectivity index (χ2v) is 5.72. The minimum absolute atomic E-state index is 0.511. The maximum absolute atomic E-state index is 12.0. The molecule has 5 heteroatoms. The molecule has 0 heterocycles. The van der Waals surface area contributed by atoms with Gasteiger partial charge in [0.2, 0.25) is 0 Å². The lowest BCUT2D eigenvalue weighted by atomic mass is 10.1. The fourth-order valence-electron chi connectivity index (χ4n) is 2.02. The summed E-state index contributed by atoms with van der Waals surface area (Å²) in [5, 5.41) is 3.85. The highest BCUT2D eigenvalue weighted by atomic mass is 35.5. The number of anilines is 1. The summed E-state index contributed by atoms with van der Waals surface area (Å²) in [6.07, 6.45) is -0.561. The Labute approximate surface area is 133 Å². The highest BCUT2D eigenvalue weighted by molar-refractivity contribution is 6.31. The molecule has 0 aliphatic carbocycles. The molecule has 0 saturated heterocycles. The van der Waals surface area contributed by atoms with E-state index in [4.69, 9.17) is 27.9 Å². The lowest BCUT2D eigenvalue weighted by Gasteiger charge is -2.13. The Morgan fingerprint density at radius 2 is 1.57 bits per heavy atom. The van der Waals surface area contributed by atoms with Crippen molar-refractivity contribution < 1.29 is 9.53 Å². The van der Waals surface area contributed by atoms with E-state index in [2.05, 4.69) is 5.32 Å². The molecule has 0 aliphatic rings. The van der Waals surface area contributed by atoms with Crippen molar-refractivity contribution in [3.63, 3.8) is 0 Å². The van der Waals surface area contributed by atoms with E-state index in [1.165, 1.54) is 0 Å². The summed E-state index contributed by atoms with van der Waals surface area (Å²) >= 11 is 11.9. The van der Waals surface area contributed by atoms with Crippen molar-refractivity contribution in [2.45, 2.75) is 20.8 Å². The third-order valence-electron chi connectivity index (χ3n) is 3.06. The molecule has 3 nitrogen and oxygen atoms in total. The van der Waals surface area contributed by atoms with Gasteiger partial charge in [0.15, 0.2) is 0 Å². The number of hydrogen-bond donors (Lipinski definition) is 1. The molecule has 0 atom stereocenters.